The van der Waals surface area contributed by atoms with Crippen LogP contribution in [0.15, 0.2) is 85.2 Å². The van der Waals surface area contributed by atoms with Crippen LogP contribution in [0.3, 0.4) is 0 Å². The molecule has 6 unspecified atom stereocenters. The fourth-order valence-corrected chi connectivity index (χ4v) is 11.6. The summed E-state index contributed by atoms with van der Waals surface area (Å²) >= 11 is 16.9. The number of fused-ring (bicyclic) bond motifs is 4. The molecular formula is C49H50Cl3F2N7O2. The Balaban J connectivity index is 0.000000150. The molecule has 2 N–H and O–H groups in total. The highest BCUT2D eigenvalue weighted by Crippen LogP contribution is 2.56. The van der Waals surface area contributed by atoms with E-state index < -0.39 is 0 Å². The van der Waals surface area contributed by atoms with Crippen LogP contribution < -0.4 is 5.73 Å². The van der Waals surface area contributed by atoms with Gasteiger partial charge in [-0.1, -0.05) is 37.0 Å². The number of hydrogen-bond acceptors (Lipinski definition) is 9. The first-order valence-corrected chi connectivity index (χ1v) is 23.0. The standard InChI is InChI=1S/C25H25ClFN3O.C20H21ClFNO.C4H4ClN3/c1-14(24(31)13-20-3-5-25(26)30-29-20)15-8-16-10-18(11-17(16)9-15)21-6-7-28-23-4-2-19(27)12-22(21)23;1-11(20(21)24)12-6-13-8-15(9-14(13)7-12)17-4-5-23-19-3-2-16(22)10-18(17)19;5-3-1-2-4(6)8-7-3/h2-7,12,14-18H,8-11,13H2,1H3;2-5,10-15H,6-9H2,1H3;1-2H,(H2,6,8)/t14?,15?,16-,17+,18?;11?,12?,13-,14+,15?;. The van der Waals surface area contributed by atoms with E-state index in [1.165, 1.54) is 23.3 Å². The minimum absolute atomic E-state index is 0.0254. The van der Waals surface area contributed by atoms with Crippen molar-refractivity contribution in [2.45, 2.75) is 83.5 Å². The van der Waals surface area contributed by atoms with Crippen molar-refractivity contribution in [2.24, 2.45) is 47.3 Å². The Labute approximate surface area is 381 Å². The van der Waals surface area contributed by atoms with Gasteiger partial charge in [0.25, 0.3) is 0 Å². The largest absolute Gasteiger partial charge is 0.382 e. The van der Waals surface area contributed by atoms with Gasteiger partial charge in [0.1, 0.15) is 23.2 Å². The molecule has 4 aliphatic rings. The average molecular weight is 913 g/mol. The molecule has 4 fully saturated rings. The number of pyridine rings is 2. The van der Waals surface area contributed by atoms with Crippen molar-refractivity contribution in [1.82, 2.24) is 30.4 Å². The predicted molar refractivity (Wildman–Crippen MR) is 243 cm³/mol. The summed E-state index contributed by atoms with van der Waals surface area (Å²) in [5, 5.41) is 17.2. The maximum absolute atomic E-state index is 13.9. The third-order valence-electron chi connectivity index (χ3n) is 14.4. The zero-order valence-corrected chi connectivity index (χ0v) is 37.5. The molecule has 0 spiro atoms. The molecule has 9 nitrogen and oxygen atoms in total. The summed E-state index contributed by atoms with van der Waals surface area (Å²) in [6.45, 7) is 4.02. The van der Waals surface area contributed by atoms with Crippen LogP contribution in [0.1, 0.15) is 93.9 Å². The second-order valence-corrected chi connectivity index (χ2v) is 19.3. The van der Waals surface area contributed by atoms with E-state index in [1.54, 1.807) is 48.5 Å². The summed E-state index contributed by atoms with van der Waals surface area (Å²) in [6.07, 6.45) is 12.8. The summed E-state index contributed by atoms with van der Waals surface area (Å²) in [6, 6.07) is 20.4. The summed E-state index contributed by atoms with van der Waals surface area (Å²) in [7, 11) is 0. The van der Waals surface area contributed by atoms with Crippen LogP contribution in [0.4, 0.5) is 14.6 Å². The van der Waals surface area contributed by atoms with Crippen molar-refractivity contribution in [3.8, 4) is 0 Å². The molecule has 2 aromatic carbocycles. The minimum Gasteiger partial charge on any atom is -0.382 e. The maximum Gasteiger partial charge on any atom is 0.224 e. The molecule has 0 aliphatic heterocycles. The first-order chi connectivity index (χ1) is 30.3. The molecule has 6 aromatic rings. The van der Waals surface area contributed by atoms with E-state index in [2.05, 4.69) is 49.4 Å². The van der Waals surface area contributed by atoms with Gasteiger partial charge in [0.05, 0.1) is 23.1 Å². The van der Waals surface area contributed by atoms with E-state index in [-0.39, 0.29) is 34.5 Å². The quantitative estimate of drug-likeness (QED) is 0.148. The fraction of sp³-hybridized carbons (Fsp3) is 0.429. The average Bonchev–Trinajstić information content (AvgIpc) is 4.06. The van der Waals surface area contributed by atoms with Crippen LogP contribution in [-0.4, -0.2) is 41.4 Å². The molecule has 4 aliphatic carbocycles. The van der Waals surface area contributed by atoms with E-state index in [0.29, 0.717) is 75.6 Å². The number of rotatable bonds is 8. The lowest BCUT2D eigenvalue weighted by Crippen LogP contribution is -2.22. The SMILES string of the molecule is CC(C(=O)Cc1ccc(Cl)nn1)C1C[C@H]2CC(c3ccnc4ccc(F)cc34)C[C@H]2C1.CC(C(=O)Cl)C1C[C@H]2CC(c3ccnc4ccc(F)cc34)C[C@H]2C1.Nc1ccc(Cl)nn1. The summed E-state index contributed by atoms with van der Waals surface area (Å²) < 4.78 is 27.5. The lowest BCUT2D eigenvalue weighted by atomic mass is 9.83. The van der Waals surface area contributed by atoms with Crippen molar-refractivity contribution >= 4 is 73.5 Å². The number of carbonyl (C=O) groups is 2. The number of carbonyl (C=O) groups excluding carboxylic acids is 2. The van der Waals surface area contributed by atoms with Gasteiger partial charge < -0.3 is 5.73 Å². The van der Waals surface area contributed by atoms with Gasteiger partial charge in [-0.3, -0.25) is 19.6 Å². The van der Waals surface area contributed by atoms with Crippen LogP contribution >= 0.6 is 34.8 Å². The number of anilines is 1. The van der Waals surface area contributed by atoms with E-state index in [9.17, 15) is 18.4 Å². The van der Waals surface area contributed by atoms with Crippen molar-refractivity contribution in [3.05, 3.63) is 124 Å². The number of halogens is 5. The number of hydrogen-bond donors (Lipinski definition) is 1. The fourth-order valence-electron chi connectivity index (χ4n) is 11.2. The number of nitrogens with two attached hydrogens (primary N) is 1. The van der Waals surface area contributed by atoms with Crippen LogP contribution in [-0.2, 0) is 16.0 Å². The summed E-state index contributed by atoms with van der Waals surface area (Å²) in [4.78, 5) is 33.0. The second-order valence-electron chi connectivity index (χ2n) is 18.1. The van der Waals surface area contributed by atoms with Gasteiger partial charge in [-0.05, 0) is 194 Å². The Bertz CT molecular complexity index is 2540. The normalized spacial score (nSPS) is 25.6. The van der Waals surface area contributed by atoms with Crippen LogP contribution in [0.5, 0.6) is 0 Å². The van der Waals surface area contributed by atoms with Crippen LogP contribution in [0.25, 0.3) is 21.8 Å². The Kier molecular flexibility index (Phi) is 13.9. The van der Waals surface area contributed by atoms with Crippen molar-refractivity contribution in [3.63, 3.8) is 0 Å². The first kappa shape index (κ1) is 44.9. The van der Waals surface area contributed by atoms with E-state index in [0.717, 1.165) is 73.2 Å². The number of nitrogen functional groups attached to an aromatic ring is 1. The molecule has 63 heavy (non-hydrogen) atoms. The highest BCUT2D eigenvalue weighted by Gasteiger charge is 2.46. The number of Topliss-reactive ketones (excluding diaryl/α,β-unsaturated/α-hetero) is 1. The smallest absolute Gasteiger partial charge is 0.224 e. The highest BCUT2D eigenvalue weighted by molar-refractivity contribution is 6.63. The lowest BCUT2D eigenvalue weighted by molar-refractivity contribution is -0.123. The predicted octanol–water partition coefficient (Wildman–Crippen LogP) is 11.8. The van der Waals surface area contributed by atoms with E-state index in [4.69, 9.17) is 40.5 Å². The topological polar surface area (TPSA) is 138 Å². The lowest BCUT2D eigenvalue weighted by Gasteiger charge is -2.21. The van der Waals surface area contributed by atoms with Crippen molar-refractivity contribution in [2.75, 3.05) is 5.73 Å². The molecule has 14 heteroatoms. The van der Waals surface area contributed by atoms with E-state index >= 15 is 0 Å². The third kappa shape index (κ3) is 10.5. The molecular weight excluding hydrogens is 863 g/mol. The second kappa shape index (κ2) is 19.6. The highest BCUT2D eigenvalue weighted by atomic mass is 35.5. The molecule has 0 saturated heterocycles. The Hall–Kier alpha value is -4.71. The van der Waals surface area contributed by atoms with E-state index in [1.807, 2.05) is 19.3 Å². The Morgan fingerprint density at radius 2 is 1.08 bits per heavy atom. The van der Waals surface area contributed by atoms with Crippen molar-refractivity contribution < 1.29 is 18.4 Å². The summed E-state index contributed by atoms with van der Waals surface area (Å²) in [5.41, 5.74) is 10.0. The molecule has 10 rings (SSSR count). The molecule has 4 aromatic heterocycles. The molecule has 10 atom stereocenters. The van der Waals surface area contributed by atoms with Gasteiger partial charge in [0.15, 0.2) is 10.3 Å². The van der Waals surface area contributed by atoms with Gasteiger partial charge >= 0.3 is 0 Å². The van der Waals surface area contributed by atoms with Gasteiger partial charge in [0, 0.05) is 35.0 Å². The number of aromatic nitrogens is 6. The number of benzene rings is 2. The Morgan fingerprint density at radius 3 is 1.49 bits per heavy atom. The molecule has 4 heterocycles. The Morgan fingerprint density at radius 1 is 0.619 bits per heavy atom. The van der Waals surface area contributed by atoms with Gasteiger partial charge in [-0.15, -0.1) is 15.3 Å². The molecule has 0 bridgehead atoms. The first-order valence-electron chi connectivity index (χ1n) is 21.8. The molecule has 4 saturated carbocycles. The molecule has 0 amide bonds. The van der Waals surface area contributed by atoms with Gasteiger partial charge in [-0.2, -0.15) is 5.10 Å². The zero-order chi connectivity index (χ0) is 44.4. The molecule has 0 radical (unpaired) electrons. The van der Waals surface area contributed by atoms with Crippen LogP contribution in [0, 0.1) is 59.0 Å². The molecule has 328 valence electrons. The van der Waals surface area contributed by atoms with Gasteiger partial charge in [0.2, 0.25) is 5.24 Å². The summed E-state index contributed by atoms with van der Waals surface area (Å²) in [5.74, 6) is 4.55. The van der Waals surface area contributed by atoms with Crippen molar-refractivity contribution in [1.29, 1.82) is 0 Å². The zero-order valence-electron chi connectivity index (χ0n) is 35.2. The number of nitrogens with zero attached hydrogens (tertiary/aromatic N) is 6. The monoisotopic (exact) mass is 911 g/mol. The number of ketones is 1. The van der Waals surface area contributed by atoms with Gasteiger partial charge in [-0.25, -0.2) is 8.78 Å². The minimum atomic E-state index is -0.210. The third-order valence-corrected chi connectivity index (χ3v) is 15.2. The maximum atomic E-state index is 13.9. The van der Waals surface area contributed by atoms with Crippen LogP contribution in [0.2, 0.25) is 10.3 Å².